The largest absolute Gasteiger partial charge is 0.308 e. The Bertz CT molecular complexity index is 1850. The van der Waals surface area contributed by atoms with E-state index in [0.29, 0.717) is 5.82 Å². The van der Waals surface area contributed by atoms with Crippen LogP contribution in [0.25, 0.3) is 61.5 Å². The second kappa shape index (κ2) is 9.36. The van der Waals surface area contributed by atoms with E-state index in [1.807, 2.05) is 60.8 Å². The fraction of sp³-hybridized carbons (Fsp3) is 0. The smallest absolute Gasteiger partial charge is 0.160 e. The van der Waals surface area contributed by atoms with Gasteiger partial charge in [-0.3, -0.25) is 4.98 Å². The van der Waals surface area contributed by atoms with Crippen molar-refractivity contribution in [2.75, 3.05) is 0 Å². The fourth-order valence-corrected chi connectivity index (χ4v) is 5.28. The average molecular weight is 553 g/mol. The van der Waals surface area contributed by atoms with E-state index >= 15 is 0 Å². The van der Waals surface area contributed by atoms with Gasteiger partial charge < -0.3 is 4.57 Å². The Balaban J connectivity index is 1.37. The molecule has 0 bridgehead atoms. The molecule has 4 nitrogen and oxygen atoms in total. The van der Waals surface area contributed by atoms with Gasteiger partial charge in [-0.15, -0.1) is 0 Å². The maximum atomic E-state index is 4.97. The zero-order valence-electron chi connectivity index (χ0n) is 20.3. The van der Waals surface area contributed by atoms with Gasteiger partial charge in [-0.25, -0.2) is 9.97 Å². The summed E-state index contributed by atoms with van der Waals surface area (Å²) in [5.74, 6) is 0.712. The Morgan fingerprint density at radius 1 is 0.553 bits per heavy atom. The van der Waals surface area contributed by atoms with Gasteiger partial charge >= 0.3 is 0 Å². The van der Waals surface area contributed by atoms with Crippen LogP contribution in [-0.2, 0) is 0 Å². The molecule has 4 aromatic carbocycles. The Hall–Kier alpha value is -4.61. The van der Waals surface area contributed by atoms with Crippen LogP contribution >= 0.6 is 15.9 Å². The highest BCUT2D eigenvalue weighted by atomic mass is 79.9. The number of fused-ring (bicyclic) bond motifs is 3. The molecule has 0 saturated carbocycles. The number of aromatic nitrogens is 4. The highest BCUT2D eigenvalue weighted by molar-refractivity contribution is 9.10. The van der Waals surface area contributed by atoms with Crippen LogP contribution in [0.3, 0.4) is 0 Å². The first kappa shape index (κ1) is 22.6. The van der Waals surface area contributed by atoms with Gasteiger partial charge in [0.05, 0.1) is 27.9 Å². The molecule has 0 aliphatic heterocycles. The molecule has 38 heavy (non-hydrogen) atoms. The predicted octanol–water partition coefficient (Wildman–Crippen LogP) is 8.73. The molecule has 5 heteroatoms. The monoisotopic (exact) mass is 552 g/mol. The number of benzene rings is 4. The van der Waals surface area contributed by atoms with Crippen molar-refractivity contribution in [1.82, 2.24) is 19.5 Å². The van der Waals surface area contributed by atoms with Crippen LogP contribution in [0.4, 0.5) is 0 Å². The number of pyridine rings is 1. The third-order valence-electron chi connectivity index (χ3n) is 6.73. The molecule has 0 unspecified atom stereocenters. The van der Waals surface area contributed by atoms with Gasteiger partial charge in [0, 0.05) is 38.4 Å². The standard InChI is InChI=1S/C33H21BrN4/c34-25-15-18-27-31(20-25)38(30-12-7-19-35-32(27)30)26-16-13-23(14-17-26)29-21-28(22-8-3-1-4-9-22)36-33(37-29)24-10-5-2-6-11-24/h1-21H. The normalized spacial score (nSPS) is 11.3. The zero-order chi connectivity index (χ0) is 25.5. The highest BCUT2D eigenvalue weighted by Crippen LogP contribution is 2.33. The highest BCUT2D eigenvalue weighted by Gasteiger charge is 2.14. The van der Waals surface area contributed by atoms with E-state index in [1.165, 1.54) is 0 Å². The third-order valence-corrected chi connectivity index (χ3v) is 7.23. The number of rotatable bonds is 4. The molecule has 0 aliphatic carbocycles. The van der Waals surface area contributed by atoms with Crippen molar-refractivity contribution in [2.45, 2.75) is 0 Å². The summed E-state index contributed by atoms with van der Waals surface area (Å²) in [5, 5.41) is 1.13. The maximum absolute atomic E-state index is 4.97. The van der Waals surface area contributed by atoms with Crippen LogP contribution in [0.2, 0.25) is 0 Å². The van der Waals surface area contributed by atoms with Gasteiger partial charge in [-0.2, -0.15) is 0 Å². The van der Waals surface area contributed by atoms with E-state index in [4.69, 9.17) is 9.97 Å². The second-order valence-corrected chi connectivity index (χ2v) is 10.0. The van der Waals surface area contributed by atoms with Gasteiger partial charge in [-0.1, -0.05) is 88.7 Å². The van der Waals surface area contributed by atoms with E-state index in [9.17, 15) is 0 Å². The molecule has 180 valence electrons. The molecule has 0 saturated heterocycles. The quantitative estimate of drug-likeness (QED) is 0.219. The van der Waals surface area contributed by atoms with Gasteiger partial charge in [0.1, 0.15) is 0 Å². The Labute approximate surface area is 228 Å². The molecule has 0 atom stereocenters. The van der Waals surface area contributed by atoms with Crippen molar-refractivity contribution < 1.29 is 0 Å². The topological polar surface area (TPSA) is 43.6 Å². The van der Waals surface area contributed by atoms with E-state index in [-0.39, 0.29) is 0 Å². The molecule has 3 heterocycles. The summed E-state index contributed by atoms with van der Waals surface area (Å²) < 4.78 is 3.30. The van der Waals surface area contributed by atoms with E-state index < -0.39 is 0 Å². The molecule has 3 aromatic heterocycles. The molecule has 7 rings (SSSR count). The van der Waals surface area contributed by atoms with Gasteiger partial charge in [0.25, 0.3) is 0 Å². The van der Waals surface area contributed by atoms with Crippen LogP contribution in [-0.4, -0.2) is 19.5 Å². The summed E-state index contributed by atoms with van der Waals surface area (Å²) in [5.41, 5.74) is 9.13. The minimum Gasteiger partial charge on any atom is -0.308 e. The Morgan fingerprint density at radius 3 is 1.92 bits per heavy atom. The Kier molecular flexibility index (Phi) is 5.56. The summed E-state index contributed by atoms with van der Waals surface area (Å²) in [6.45, 7) is 0. The van der Waals surface area contributed by atoms with Crippen LogP contribution in [0.15, 0.2) is 132 Å². The lowest BCUT2D eigenvalue weighted by molar-refractivity contribution is 1.17. The zero-order valence-corrected chi connectivity index (χ0v) is 21.9. The fourth-order valence-electron chi connectivity index (χ4n) is 4.93. The molecule has 0 spiro atoms. The van der Waals surface area contributed by atoms with Gasteiger partial charge in [0.15, 0.2) is 5.82 Å². The van der Waals surface area contributed by atoms with Crippen LogP contribution in [0.5, 0.6) is 0 Å². The minimum absolute atomic E-state index is 0.712. The van der Waals surface area contributed by atoms with Gasteiger partial charge in [0.2, 0.25) is 0 Å². The number of hydrogen-bond acceptors (Lipinski definition) is 3. The maximum Gasteiger partial charge on any atom is 0.160 e. The molecule has 0 amide bonds. The molecule has 0 radical (unpaired) electrons. The van der Waals surface area contributed by atoms with Crippen LogP contribution in [0.1, 0.15) is 0 Å². The van der Waals surface area contributed by atoms with Crippen molar-refractivity contribution in [3.8, 4) is 39.6 Å². The SMILES string of the molecule is Brc1ccc2c3ncccc3n(-c3ccc(-c4cc(-c5ccccc5)nc(-c5ccccc5)n4)cc3)c2c1. The first-order valence-electron chi connectivity index (χ1n) is 12.4. The Morgan fingerprint density at radius 2 is 1.21 bits per heavy atom. The van der Waals surface area contributed by atoms with Crippen molar-refractivity contribution >= 4 is 37.9 Å². The van der Waals surface area contributed by atoms with Crippen LogP contribution < -0.4 is 0 Å². The van der Waals surface area contributed by atoms with Crippen molar-refractivity contribution in [2.24, 2.45) is 0 Å². The van der Waals surface area contributed by atoms with Crippen LogP contribution in [0, 0.1) is 0 Å². The molecule has 0 aliphatic rings. The van der Waals surface area contributed by atoms with E-state index in [2.05, 4.69) is 92.2 Å². The molecule has 0 fully saturated rings. The second-order valence-electron chi connectivity index (χ2n) is 9.11. The van der Waals surface area contributed by atoms with Crippen molar-refractivity contribution in [1.29, 1.82) is 0 Å². The molecule has 0 N–H and O–H groups in total. The molecule has 7 aromatic rings. The number of nitrogens with zero attached hydrogens (tertiary/aromatic N) is 4. The molecular weight excluding hydrogens is 532 g/mol. The summed E-state index contributed by atoms with van der Waals surface area (Å²) in [4.78, 5) is 14.6. The predicted molar refractivity (Wildman–Crippen MR) is 158 cm³/mol. The van der Waals surface area contributed by atoms with Crippen molar-refractivity contribution in [3.05, 3.63) is 132 Å². The number of hydrogen-bond donors (Lipinski definition) is 0. The summed E-state index contributed by atoms with van der Waals surface area (Å²) in [6, 6.07) is 41.4. The third kappa shape index (κ3) is 3.98. The number of halogens is 1. The first-order valence-corrected chi connectivity index (χ1v) is 13.2. The van der Waals surface area contributed by atoms with E-state index in [1.54, 1.807) is 0 Å². The molecular formula is C33H21BrN4. The first-order chi connectivity index (χ1) is 18.7. The van der Waals surface area contributed by atoms with Gasteiger partial charge in [-0.05, 0) is 48.5 Å². The summed E-state index contributed by atoms with van der Waals surface area (Å²) in [7, 11) is 0. The summed E-state index contributed by atoms with van der Waals surface area (Å²) >= 11 is 3.64. The van der Waals surface area contributed by atoms with E-state index in [0.717, 1.165) is 60.2 Å². The summed E-state index contributed by atoms with van der Waals surface area (Å²) in [6.07, 6.45) is 1.85. The minimum atomic E-state index is 0.712. The van der Waals surface area contributed by atoms with Crippen molar-refractivity contribution in [3.63, 3.8) is 0 Å². The lowest BCUT2D eigenvalue weighted by Crippen LogP contribution is -1.97. The lowest BCUT2D eigenvalue weighted by Gasteiger charge is -2.11. The average Bonchev–Trinajstić information content (AvgIpc) is 3.31. The lowest BCUT2D eigenvalue weighted by atomic mass is 10.1.